The molecule has 0 aromatic heterocycles. The molecule has 0 saturated heterocycles. The SMILES string of the molecule is CC(C)c1cccc(N)c(=O)c1. The van der Waals surface area contributed by atoms with Crippen LogP contribution < -0.4 is 11.2 Å². The third-order valence-electron chi connectivity index (χ3n) is 1.81. The Morgan fingerprint density at radius 2 is 2.00 bits per heavy atom. The van der Waals surface area contributed by atoms with Crippen molar-refractivity contribution >= 4 is 5.69 Å². The number of rotatable bonds is 1. The van der Waals surface area contributed by atoms with Gasteiger partial charge in [0.15, 0.2) is 0 Å². The molecule has 2 nitrogen and oxygen atoms in total. The molecular formula is C10H13NO. The van der Waals surface area contributed by atoms with Gasteiger partial charge in [0.05, 0.1) is 5.69 Å². The summed E-state index contributed by atoms with van der Waals surface area (Å²) < 4.78 is 0. The van der Waals surface area contributed by atoms with Crippen molar-refractivity contribution in [1.29, 1.82) is 0 Å². The molecule has 64 valence electrons. The Morgan fingerprint density at radius 1 is 1.33 bits per heavy atom. The first-order chi connectivity index (χ1) is 5.61. The van der Waals surface area contributed by atoms with Crippen molar-refractivity contribution in [2.45, 2.75) is 19.8 Å². The average Bonchev–Trinajstić information content (AvgIpc) is 2.15. The zero-order chi connectivity index (χ0) is 9.14. The summed E-state index contributed by atoms with van der Waals surface area (Å²) in [7, 11) is 0. The first-order valence-electron chi connectivity index (χ1n) is 4.01. The number of hydrogen-bond acceptors (Lipinski definition) is 2. The number of nitrogens with two attached hydrogens (primary N) is 1. The molecule has 0 radical (unpaired) electrons. The van der Waals surface area contributed by atoms with Crippen molar-refractivity contribution in [3.05, 3.63) is 40.1 Å². The quantitative estimate of drug-likeness (QED) is 0.685. The molecule has 0 amide bonds. The van der Waals surface area contributed by atoms with E-state index in [0.29, 0.717) is 11.6 Å². The molecule has 2 heteroatoms. The lowest BCUT2D eigenvalue weighted by Gasteiger charge is -1.98. The van der Waals surface area contributed by atoms with Gasteiger partial charge in [-0.25, -0.2) is 0 Å². The van der Waals surface area contributed by atoms with Crippen LogP contribution >= 0.6 is 0 Å². The maximum absolute atomic E-state index is 11.2. The Bertz CT molecular complexity index is 331. The molecule has 0 bridgehead atoms. The lowest BCUT2D eigenvalue weighted by molar-refractivity contribution is 0.867. The van der Waals surface area contributed by atoms with E-state index in [1.54, 1.807) is 12.1 Å². The van der Waals surface area contributed by atoms with Crippen molar-refractivity contribution in [3.63, 3.8) is 0 Å². The Morgan fingerprint density at radius 3 is 2.58 bits per heavy atom. The molecule has 0 aliphatic carbocycles. The van der Waals surface area contributed by atoms with Crippen LogP contribution in [0.2, 0.25) is 0 Å². The lowest BCUT2D eigenvalue weighted by atomic mass is 10.1. The lowest BCUT2D eigenvalue weighted by Crippen LogP contribution is -2.03. The second kappa shape index (κ2) is 3.39. The highest BCUT2D eigenvalue weighted by Gasteiger charge is 1.98. The van der Waals surface area contributed by atoms with E-state index in [1.165, 1.54) is 0 Å². The van der Waals surface area contributed by atoms with E-state index in [2.05, 4.69) is 0 Å². The zero-order valence-electron chi connectivity index (χ0n) is 7.37. The van der Waals surface area contributed by atoms with Gasteiger partial charge in [-0.1, -0.05) is 26.0 Å². The van der Waals surface area contributed by atoms with E-state index < -0.39 is 0 Å². The molecule has 1 aromatic carbocycles. The van der Waals surface area contributed by atoms with Crippen LogP contribution in [0.15, 0.2) is 29.1 Å². The van der Waals surface area contributed by atoms with Gasteiger partial charge in [-0.2, -0.15) is 0 Å². The third-order valence-corrected chi connectivity index (χ3v) is 1.81. The monoisotopic (exact) mass is 163 g/mol. The van der Waals surface area contributed by atoms with Gasteiger partial charge in [0.2, 0.25) is 5.43 Å². The molecule has 0 aliphatic heterocycles. The highest BCUT2D eigenvalue weighted by molar-refractivity contribution is 5.37. The molecule has 1 aromatic rings. The van der Waals surface area contributed by atoms with Gasteiger partial charge < -0.3 is 5.73 Å². The largest absolute Gasteiger partial charge is 0.396 e. The fraction of sp³-hybridized carbons (Fsp3) is 0.300. The number of anilines is 1. The first kappa shape index (κ1) is 8.78. The molecule has 0 saturated carbocycles. The van der Waals surface area contributed by atoms with Crippen molar-refractivity contribution in [2.24, 2.45) is 0 Å². The van der Waals surface area contributed by atoms with E-state index in [1.807, 2.05) is 26.0 Å². The van der Waals surface area contributed by atoms with Crippen LogP contribution in [-0.4, -0.2) is 0 Å². The van der Waals surface area contributed by atoms with Crippen molar-refractivity contribution < 1.29 is 0 Å². The maximum Gasteiger partial charge on any atom is 0.201 e. The summed E-state index contributed by atoms with van der Waals surface area (Å²) in [5.74, 6) is 0.365. The van der Waals surface area contributed by atoms with E-state index in [4.69, 9.17) is 5.73 Å². The Kier molecular flexibility index (Phi) is 2.48. The van der Waals surface area contributed by atoms with Gasteiger partial charge in [-0.3, -0.25) is 4.79 Å². The fourth-order valence-electron chi connectivity index (χ4n) is 0.987. The molecule has 0 unspecified atom stereocenters. The third kappa shape index (κ3) is 1.84. The van der Waals surface area contributed by atoms with E-state index in [-0.39, 0.29) is 5.43 Å². The van der Waals surface area contributed by atoms with Gasteiger partial charge in [0.1, 0.15) is 0 Å². The maximum atomic E-state index is 11.2. The number of hydrogen-bond donors (Lipinski definition) is 1. The van der Waals surface area contributed by atoms with Crippen LogP contribution in [0.25, 0.3) is 0 Å². The van der Waals surface area contributed by atoms with Crippen LogP contribution in [-0.2, 0) is 0 Å². The van der Waals surface area contributed by atoms with Crippen LogP contribution in [0.5, 0.6) is 0 Å². The Balaban J connectivity index is 3.32. The van der Waals surface area contributed by atoms with E-state index in [9.17, 15) is 4.79 Å². The van der Waals surface area contributed by atoms with Crippen molar-refractivity contribution in [1.82, 2.24) is 0 Å². The normalized spacial score (nSPS) is 10.2. The van der Waals surface area contributed by atoms with Gasteiger partial charge in [0.25, 0.3) is 0 Å². The summed E-state index contributed by atoms with van der Waals surface area (Å²) >= 11 is 0. The fourth-order valence-corrected chi connectivity index (χ4v) is 0.987. The van der Waals surface area contributed by atoms with Crippen LogP contribution in [0.4, 0.5) is 5.69 Å². The molecule has 0 fully saturated rings. The molecule has 2 N–H and O–H groups in total. The van der Waals surface area contributed by atoms with Crippen molar-refractivity contribution in [2.75, 3.05) is 5.73 Å². The molecule has 0 atom stereocenters. The minimum Gasteiger partial charge on any atom is -0.396 e. The average molecular weight is 163 g/mol. The minimum atomic E-state index is -0.0938. The topological polar surface area (TPSA) is 43.1 Å². The van der Waals surface area contributed by atoms with Crippen LogP contribution in [0, 0.1) is 0 Å². The molecule has 0 heterocycles. The molecule has 12 heavy (non-hydrogen) atoms. The summed E-state index contributed by atoms with van der Waals surface area (Å²) in [5, 5.41) is 0. The Labute approximate surface area is 72.0 Å². The second-order valence-electron chi connectivity index (χ2n) is 3.14. The van der Waals surface area contributed by atoms with E-state index in [0.717, 1.165) is 5.56 Å². The summed E-state index contributed by atoms with van der Waals surface area (Å²) in [6.45, 7) is 4.09. The number of nitrogen functional groups attached to an aromatic ring is 1. The van der Waals surface area contributed by atoms with Crippen LogP contribution in [0.3, 0.4) is 0 Å². The van der Waals surface area contributed by atoms with E-state index >= 15 is 0 Å². The summed E-state index contributed by atoms with van der Waals surface area (Å²) in [5.41, 5.74) is 6.69. The second-order valence-corrected chi connectivity index (χ2v) is 3.14. The molecular weight excluding hydrogens is 150 g/mol. The Hall–Kier alpha value is -1.31. The zero-order valence-corrected chi connectivity index (χ0v) is 7.37. The van der Waals surface area contributed by atoms with Crippen molar-refractivity contribution in [3.8, 4) is 0 Å². The molecule has 1 rings (SSSR count). The first-order valence-corrected chi connectivity index (χ1v) is 4.01. The van der Waals surface area contributed by atoms with Gasteiger partial charge in [0, 0.05) is 0 Å². The summed E-state index contributed by atoms with van der Waals surface area (Å²) in [6, 6.07) is 6.96. The van der Waals surface area contributed by atoms with Gasteiger partial charge in [-0.15, -0.1) is 0 Å². The smallest absolute Gasteiger partial charge is 0.201 e. The van der Waals surface area contributed by atoms with Gasteiger partial charge >= 0.3 is 0 Å². The predicted octanol–water partition coefficient (Wildman–Crippen LogP) is 1.75. The summed E-state index contributed by atoms with van der Waals surface area (Å²) in [4.78, 5) is 11.2. The molecule has 0 aliphatic rings. The molecule has 0 spiro atoms. The highest BCUT2D eigenvalue weighted by Crippen LogP contribution is 2.10. The minimum absolute atomic E-state index is 0.0938. The highest BCUT2D eigenvalue weighted by atomic mass is 16.1. The van der Waals surface area contributed by atoms with Crippen LogP contribution in [0.1, 0.15) is 25.3 Å². The summed E-state index contributed by atoms with van der Waals surface area (Å²) in [6.07, 6.45) is 0. The standard InChI is InChI=1S/C10H13NO/c1-7(2)8-4-3-5-9(11)10(12)6-8/h3-7H,1-2H3,(H2,11,12). The predicted molar refractivity (Wildman–Crippen MR) is 51.2 cm³/mol. The van der Waals surface area contributed by atoms with Gasteiger partial charge in [-0.05, 0) is 23.6 Å².